The Hall–Kier alpha value is -1.77. The van der Waals surface area contributed by atoms with Crippen molar-refractivity contribution in [2.24, 2.45) is 4.99 Å². The Balaban J connectivity index is 2.25. The molecule has 1 aliphatic rings. The van der Waals surface area contributed by atoms with Crippen molar-refractivity contribution in [3.8, 4) is 0 Å². The number of nitrogens with two attached hydrogens (primary N) is 1. The Morgan fingerprint density at radius 1 is 1.38 bits per heavy atom. The highest BCUT2D eigenvalue weighted by Gasteiger charge is 2.02. The smallest absolute Gasteiger partial charge is 0.114 e. The van der Waals surface area contributed by atoms with E-state index < -0.39 is 0 Å². The first-order valence-corrected chi connectivity index (χ1v) is 4.15. The van der Waals surface area contributed by atoms with E-state index in [0.717, 1.165) is 11.4 Å². The van der Waals surface area contributed by atoms with E-state index in [1.54, 1.807) is 6.21 Å². The van der Waals surface area contributed by atoms with Crippen LogP contribution in [0.4, 0.5) is 11.4 Å². The lowest BCUT2D eigenvalue weighted by atomic mass is 10.2. The van der Waals surface area contributed by atoms with Crippen LogP contribution in [-0.2, 0) is 0 Å². The number of nitrogen functional groups attached to an aromatic ring is 1. The summed E-state index contributed by atoms with van der Waals surface area (Å²) in [4.78, 5) is 6.18. The standard InChI is InChI=1S/C10H11N3/c11-9-3-1-4-10(7-9)13-6-2-5-12-8-13/h1-7H,8,11H2. The van der Waals surface area contributed by atoms with Crippen LogP contribution in [0.2, 0.25) is 0 Å². The average molecular weight is 173 g/mol. The van der Waals surface area contributed by atoms with Crippen LogP contribution in [0.15, 0.2) is 41.5 Å². The zero-order chi connectivity index (χ0) is 9.10. The summed E-state index contributed by atoms with van der Waals surface area (Å²) in [7, 11) is 0. The molecule has 0 atom stereocenters. The van der Waals surface area contributed by atoms with Gasteiger partial charge in [-0.2, -0.15) is 0 Å². The lowest BCUT2D eigenvalue weighted by Crippen LogP contribution is -2.18. The SMILES string of the molecule is Nc1cccc(N2C=CC=NC2)c1. The fourth-order valence-corrected chi connectivity index (χ4v) is 1.26. The molecule has 2 N–H and O–H groups in total. The van der Waals surface area contributed by atoms with Gasteiger partial charge >= 0.3 is 0 Å². The van der Waals surface area contributed by atoms with E-state index in [9.17, 15) is 0 Å². The van der Waals surface area contributed by atoms with Crippen LogP contribution in [0.25, 0.3) is 0 Å². The van der Waals surface area contributed by atoms with Gasteiger partial charge in [-0.25, -0.2) is 0 Å². The van der Waals surface area contributed by atoms with E-state index in [1.807, 2.05) is 41.4 Å². The number of aliphatic imine (C=N–C) groups is 1. The second-order valence-corrected chi connectivity index (χ2v) is 2.88. The molecule has 1 aromatic rings. The van der Waals surface area contributed by atoms with Crippen molar-refractivity contribution < 1.29 is 0 Å². The van der Waals surface area contributed by atoms with Crippen LogP contribution in [0.1, 0.15) is 0 Å². The first kappa shape index (κ1) is 7.86. The molecule has 1 aliphatic heterocycles. The summed E-state index contributed by atoms with van der Waals surface area (Å²) in [5.74, 6) is 0. The molecular weight excluding hydrogens is 162 g/mol. The molecule has 0 bridgehead atoms. The molecule has 0 aliphatic carbocycles. The normalized spacial score (nSPS) is 14.9. The minimum atomic E-state index is 0.667. The molecule has 0 unspecified atom stereocenters. The maximum absolute atomic E-state index is 5.68. The molecule has 13 heavy (non-hydrogen) atoms. The molecule has 0 fully saturated rings. The van der Waals surface area contributed by atoms with Gasteiger partial charge in [0, 0.05) is 23.8 Å². The zero-order valence-electron chi connectivity index (χ0n) is 7.22. The van der Waals surface area contributed by atoms with Gasteiger partial charge in [-0.3, -0.25) is 4.99 Å². The molecule has 0 aromatic heterocycles. The van der Waals surface area contributed by atoms with Gasteiger partial charge in [-0.1, -0.05) is 6.07 Å². The summed E-state index contributed by atoms with van der Waals surface area (Å²) in [5.41, 5.74) is 7.53. The molecule has 0 radical (unpaired) electrons. The van der Waals surface area contributed by atoms with Crippen LogP contribution in [-0.4, -0.2) is 12.9 Å². The second kappa shape index (κ2) is 3.31. The molecule has 3 heteroatoms. The molecule has 66 valence electrons. The summed E-state index contributed by atoms with van der Waals surface area (Å²) in [6.07, 6.45) is 5.69. The Morgan fingerprint density at radius 3 is 3.00 bits per heavy atom. The number of rotatable bonds is 1. The quantitative estimate of drug-likeness (QED) is 0.656. The Bertz CT molecular complexity index is 355. The molecule has 0 saturated carbocycles. The van der Waals surface area contributed by atoms with Gasteiger partial charge in [0.2, 0.25) is 0 Å². The van der Waals surface area contributed by atoms with E-state index in [2.05, 4.69) is 4.99 Å². The molecule has 0 saturated heterocycles. The molecule has 3 nitrogen and oxygen atoms in total. The maximum atomic E-state index is 5.68. The van der Waals surface area contributed by atoms with Gasteiger partial charge in [-0.05, 0) is 24.3 Å². The van der Waals surface area contributed by atoms with Crippen LogP contribution in [0, 0.1) is 0 Å². The predicted octanol–water partition coefficient (Wildman–Crippen LogP) is 1.63. The second-order valence-electron chi connectivity index (χ2n) is 2.88. The lowest BCUT2D eigenvalue weighted by molar-refractivity contribution is 0.971. The Labute approximate surface area is 77.2 Å². The van der Waals surface area contributed by atoms with E-state index in [-0.39, 0.29) is 0 Å². The van der Waals surface area contributed by atoms with Crippen molar-refractivity contribution in [3.05, 3.63) is 36.5 Å². The van der Waals surface area contributed by atoms with Gasteiger partial charge in [-0.15, -0.1) is 0 Å². The van der Waals surface area contributed by atoms with E-state index in [4.69, 9.17) is 5.73 Å². The third-order valence-electron chi connectivity index (χ3n) is 1.89. The minimum Gasteiger partial charge on any atom is -0.399 e. The summed E-state index contributed by atoms with van der Waals surface area (Å²) in [6.45, 7) is 0.667. The topological polar surface area (TPSA) is 41.6 Å². The van der Waals surface area contributed by atoms with Gasteiger partial charge in [0.05, 0.1) is 0 Å². The zero-order valence-corrected chi connectivity index (χ0v) is 7.22. The average Bonchev–Trinajstić information content (AvgIpc) is 2.19. The van der Waals surface area contributed by atoms with Crippen molar-refractivity contribution in [1.82, 2.24) is 0 Å². The Kier molecular flexibility index (Phi) is 2.00. The van der Waals surface area contributed by atoms with Gasteiger partial charge in [0.15, 0.2) is 0 Å². The maximum Gasteiger partial charge on any atom is 0.114 e. The first-order valence-electron chi connectivity index (χ1n) is 4.15. The van der Waals surface area contributed by atoms with Crippen LogP contribution in [0.3, 0.4) is 0 Å². The van der Waals surface area contributed by atoms with Crippen molar-refractivity contribution >= 4 is 17.6 Å². The number of hydrogen-bond acceptors (Lipinski definition) is 3. The van der Waals surface area contributed by atoms with Crippen LogP contribution < -0.4 is 10.6 Å². The van der Waals surface area contributed by atoms with Crippen LogP contribution >= 0.6 is 0 Å². The van der Waals surface area contributed by atoms with Crippen LogP contribution in [0.5, 0.6) is 0 Å². The van der Waals surface area contributed by atoms with E-state index in [0.29, 0.717) is 6.67 Å². The molecule has 0 amide bonds. The highest BCUT2D eigenvalue weighted by molar-refractivity contribution is 5.74. The summed E-state index contributed by atoms with van der Waals surface area (Å²) < 4.78 is 0. The summed E-state index contributed by atoms with van der Waals surface area (Å²) in [6, 6.07) is 7.77. The monoisotopic (exact) mass is 173 g/mol. The summed E-state index contributed by atoms with van der Waals surface area (Å²) in [5, 5.41) is 0. The number of nitrogens with zero attached hydrogens (tertiary/aromatic N) is 2. The third kappa shape index (κ3) is 1.69. The van der Waals surface area contributed by atoms with Crippen molar-refractivity contribution in [3.63, 3.8) is 0 Å². The van der Waals surface area contributed by atoms with Gasteiger partial charge in [0.25, 0.3) is 0 Å². The number of benzene rings is 1. The predicted molar refractivity (Wildman–Crippen MR) is 55.8 cm³/mol. The number of allylic oxidation sites excluding steroid dienone is 1. The fraction of sp³-hybridized carbons (Fsp3) is 0.100. The Morgan fingerprint density at radius 2 is 2.31 bits per heavy atom. The lowest BCUT2D eigenvalue weighted by Gasteiger charge is -2.19. The largest absolute Gasteiger partial charge is 0.399 e. The third-order valence-corrected chi connectivity index (χ3v) is 1.89. The number of anilines is 2. The van der Waals surface area contributed by atoms with Crippen molar-refractivity contribution in [2.45, 2.75) is 0 Å². The fourth-order valence-electron chi connectivity index (χ4n) is 1.26. The molecular formula is C10H11N3. The summed E-state index contributed by atoms with van der Waals surface area (Å²) >= 11 is 0. The number of hydrogen-bond donors (Lipinski definition) is 1. The molecule has 0 spiro atoms. The molecule has 1 heterocycles. The van der Waals surface area contributed by atoms with Gasteiger partial charge in [0.1, 0.15) is 6.67 Å². The first-order chi connectivity index (χ1) is 6.36. The minimum absolute atomic E-state index is 0.667. The van der Waals surface area contributed by atoms with Crippen molar-refractivity contribution in [1.29, 1.82) is 0 Å². The van der Waals surface area contributed by atoms with E-state index >= 15 is 0 Å². The highest BCUT2D eigenvalue weighted by atomic mass is 15.2. The molecule has 2 rings (SSSR count). The van der Waals surface area contributed by atoms with E-state index in [1.165, 1.54) is 0 Å². The highest BCUT2D eigenvalue weighted by Crippen LogP contribution is 2.18. The van der Waals surface area contributed by atoms with Crippen molar-refractivity contribution in [2.75, 3.05) is 17.3 Å². The van der Waals surface area contributed by atoms with Gasteiger partial charge < -0.3 is 10.6 Å². The molecule has 1 aromatic carbocycles.